The number of rotatable bonds is 8. The van der Waals surface area contributed by atoms with Crippen LogP contribution in [0.15, 0.2) is 84.3 Å². The maximum absolute atomic E-state index is 12.7. The Morgan fingerprint density at radius 1 is 1.00 bits per heavy atom. The maximum Gasteiger partial charge on any atom is 0.234 e. The Labute approximate surface area is 192 Å². The van der Waals surface area contributed by atoms with E-state index in [4.69, 9.17) is 0 Å². The number of aromatic nitrogens is 4. The minimum atomic E-state index is -0.0692. The number of hydrogen-bond donors (Lipinski definition) is 1. The highest BCUT2D eigenvalue weighted by molar-refractivity contribution is 7.99. The molecule has 4 rings (SSSR count). The van der Waals surface area contributed by atoms with Crippen LogP contribution >= 0.6 is 11.8 Å². The van der Waals surface area contributed by atoms with E-state index in [1.165, 1.54) is 11.8 Å². The number of amides is 1. The molecule has 2 heterocycles. The summed E-state index contributed by atoms with van der Waals surface area (Å²) >= 11 is 1.38. The van der Waals surface area contributed by atoms with Crippen LogP contribution in [0.5, 0.6) is 0 Å². The molecule has 0 aliphatic rings. The summed E-state index contributed by atoms with van der Waals surface area (Å²) in [4.78, 5) is 16.9. The summed E-state index contributed by atoms with van der Waals surface area (Å²) < 4.78 is 2.03. The van der Waals surface area contributed by atoms with Crippen molar-refractivity contribution in [2.24, 2.45) is 0 Å². The van der Waals surface area contributed by atoms with Crippen molar-refractivity contribution in [3.8, 4) is 11.4 Å². The Bertz CT molecular complexity index is 1180. The van der Waals surface area contributed by atoms with Crippen LogP contribution in [-0.2, 0) is 11.3 Å². The minimum absolute atomic E-state index is 0.0692. The van der Waals surface area contributed by atoms with Crippen molar-refractivity contribution in [2.45, 2.75) is 31.5 Å². The van der Waals surface area contributed by atoms with Gasteiger partial charge in [-0.1, -0.05) is 74.1 Å². The first-order valence-corrected chi connectivity index (χ1v) is 11.5. The molecule has 7 heteroatoms. The Kier molecular flexibility index (Phi) is 6.97. The van der Waals surface area contributed by atoms with Crippen molar-refractivity contribution >= 4 is 23.4 Å². The summed E-state index contributed by atoms with van der Waals surface area (Å²) in [5.41, 5.74) is 4.00. The predicted octanol–water partition coefficient (Wildman–Crippen LogP) is 5.24. The first-order chi connectivity index (χ1) is 15.6. The minimum Gasteiger partial charge on any atom is -0.325 e. The van der Waals surface area contributed by atoms with E-state index in [-0.39, 0.29) is 11.7 Å². The average molecular weight is 444 g/mol. The fraction of sp³-hybridized carbons (Fsp3) is 0.200. The molecule has 0 aliphatic carbocycles. The van der Waals surface area contributed by atoms with E-state index in [9.17, 15) is 4.79 Å². The number of carbonyl (C=O) groups is 1. The molecule has 162 valence electrons. The molecule has 0 atom stereocenters. The molecule has 0 unspecified atom stereocenters. The summed E-state index contributed by atoms with van der Waals surface area (Å²) in [5.74, 6) is 1.23. The van der Waals surface area contributed by atoms with Crippen LogP contribution in [-0.4, -0.2) is 31.4 Å². The normalized spacial score (nSPS) is 11.0. The topological polar surface area (TPSA) is 72.7 Å². The number of pyridine rings is 1. The Morgan fingerprint density at radius 2 is 1.78 bits per heavy atom. The van der Waals surface area contributed by atoms with Gasteiger partial charge in [-0.3, -0.25) is 14.3 Å². The SMILES string of the molecule is CC(C)c1ccccc1NC(=O)CSc1nnc(-c2cccnc2)n1Cc1ccccc1. The average Bonchev–Trinajstić information content (AvgIpc) is 3.21. The molecule has 4 aromatic rings. The molecule has 1 N–H and O–H groups in total. The van der Waals surface area contributed by atoms with Crippen molar-refractivity contribution in [1.82, 2.24) is 19.7 Å². The van der Waals surface area contributed by atoms with Crippen molar-refractivity contribution < 1.29 is 4.79 Å². The molecule has 2 aromatic heterocycles. The third-order valence-electron chi connectivity index (χ3n) is 5.01. The van der Waals surface area contributed by atoms with E-state index >= 15 is 0 Å². The van der Waals surface area contributed by atoms with E-state index < -0.39 is 0 Å². The number of para-hydroxylation sites is 1. The third-order valence-corrected chi connectivity index (χ3v) is 5.98. The van der Waals surface area contributed by atoms with E-state index in [0.29, 0.717) is 17.6 Å². The molecule has 0 aliphatic heterocycles. The molecule has 0 radical (unpaired) electrons. The quantitative estimate of drug-likeness (QED) is 0.377. The van der Waals surface area contributed by atoms with Gasteiger partial charge in [-0.2, -0.15) is 0 Å². The summed E-state index contributed by atoms with van der Waals surface area (Å²) in [5, 5.41) is 12.5. The molecular formula is C25H25N5OS. The Morgan fingerprint density at radius 3 is 2.53 bits per heavy atom. The van der Waals surface area contributed by atoms with Crippen LogP contribution in [0.3, 0.4) is 0 Å². The fourth-order valence-electron chi connectivity index (χ4n) is 3.44. The highest BCUT2D eigenvalue weighted by Crippen LogP contribution is 2.26. The van der Waals surface area contributed by atoms with Gasteiger partial charge in [-0.05, 0) is 35.2 Å². The predicted molar refractivity (Wildman–Crippen MR) is 129 cm³/mol. The number of anilines is 1. The van der Waals surface area contributed by atoms with Crippen molar-refractivity contribution in [3.05, 3.63) is 90.3 Å². The largest absolute Gasteiger partial charge is 0.325 e. The molecule has 0 saturated carbocycles. The Hall–Kier alpha value is -3.45. The molecule has 0 spiro atoms. The zero-order valence-corrected chi connectivity index (χ0v) is 18.9. The van der Waals surface area contributed by atoms with E-state index in [1.807, 2.05) is 59.2 Å². The summed E-state index contributed by atoms with van der Waals surface area (Å²) in [6.45, 7) is 4.84. The van der Waals surface area contributed by atoms with Crippen molar-refractivity contribution in [1.29, 1.82) is 0 Å². The second kappa shape index (κ2) is 10.2. The number of carbonyl (C=O) groups excluding carboxylic acids is 1. The summed E-state index contributed by atoms with van der Waals surface area (Å²) in [6, 6.07) is 21.9. The lowest BCUT2D eigenvalue weighted by Crippen LogP contribution is -2.16. The molecule has 1 amide bonds. The second-order valence-corrected chi connectivity index (χ2v) is 8.64. The molecular weight excluding hydrogens is 418 g/mol. The van der Waals surface area contributed by atoms with Crippen LogP contribution in [0.1, 0.15) is 30.9 Å². The van der Waals surface area contributed by atoms with Gasteiger partial charge in [0.25, 0.3) is 0 Å². The molecule has 32 heavy (non-hydrogen) atoms. The number of hydrogen-bond acceptors (Lipinski definition) is 5. The third kappa shape index (κ3) is 5.23. The van der Waals surface area contributed by atoms with Gasteiger partial charge in [0, 0.05) is 23.6 Å². The molecule has 2 aromatic carbocycles. The van der Waals surface area contributed by atoms with Crippen molar-refractivity contribution in [2.75, 3.05) is 11.1 Å². The van der Waals surface area contributed by atoms with Crippen molar-refractivity contribution in [3.63, 3.8) is 0 Å². The van der Waals surface area contributed by atoms with Crippen LogP contribution < -0.4 is 5.32 Å². The van der Waals surface area contributed by atoms with E-state index in [2.05, 4.69) is 46.5 Å². The van der Waals surface area contributed by atoms with Gasteiger partial charge >= 0.3 is 0 Å². The van der Waals surface area contributed by atoms with Crippen LogP contribution in [0.4, 0.5) is 5.69 Å². The highest BCUT2D eigenvalue weighted by atomic mass is 32.2. The lowest BCUT2D eigenvalue weighted by atomic mass is 10.0. The van der Waals surface area contributed by atoms with E-state index in [1.54, 1.807) is 12.4 Å². The van der Waals surface area contributed by atoms with Crippen LogP contribution in [0.25, 0.3) is 11.4 Å². The van der Waals surface area contributed by atoms with Crippen LogP contribution in [0.2, 0.25) is 0 Å². The van der Waals surface area contributed by atoms with E-state index in [0.717, 1.165) is 28.2 Å². The maximum atomic E-state index is 12.7. The summed E-state index contributed by atoms with van der Waals surface area (Å²) in [6.07, 6.45) is 3.51. The van der Waals surface area contributed by atoms with Gasteiger partial charge in [0.2, 0.25) is 5.91 Å². The molecule has 6 nitrogen and oxygen atoms in total. The van der Waals surface area contributed by atoms with Gasteiger partial charge in [0.15, 0.2) is 11.0 Å². The highest BCUT2D eigenvalue weighted by Gasteiger charge is 2.17. The van der Waals surface area contributed by atoms with Gasteiger partial charge in [0.1, 0.15) is 0 Å². The number of nitrogens with one attached hydrogen (secondary N) is 1. The number of nitrogens with zero attached hydrogens (tertiary/aromatic N) is 4. The molecule has 0 bridgehead atoms. The van der Waals surface area contributed by atoms with Crippen LogP contribution in [0, 0.1) is 0 Å². The van der Waals surface area contributed by atoms with Gasteiger partial charge in [-0.25, -0.2) is 0 Å². The zero-order chi connectivity index (χ0) is 22.3. The lowest BCUT2D eigenvalue weighted by molar-refractivity contribution is -0.113. The number of thioether (sulfide) groups is 1. The van der Waals surface area contributed by atoms with Gasteiger partial charge in [-0.15, -0.1) is 10.2 Å². The first kappa shape index (κ1) is 21.8. The second-order valence-electron chi connectivity index (χ2n) is 7.70. The lowest BCUT2D eigenvalue weighted by Gasteiger charge is -2.14. The van der Waals surface area contributed by atoms with Gasteiger partial charge < -0.3 is 5.32 Å². The summed E-state index contributed by atoms with van der Waals surface area (Å²) in [7, 11) is 0. The zero-order valence-electron chi connectivity index (χ0n) is 18.1. The standard InChI is InChI=1S/C25H25N5OS/c1-18(2)21-12-6-7-13-22(21)27-23(31)17-32-25-29-28-24(20-11-8-14-26-15-20)30(25)16-19-9-4-3-5-10-19/h3-15,18H,16-17H2,1-2H3,(H,27,31). The Balaban J connectivity index is 1.53. The monoisotopic (exact) mass is 443 g/mol. The first-order valence-electron chi connectivity index (χ1n) is 10.5. The molecule has 0 saturated heterocycles. The number of benzene rings is 2. The van der Waals surface area contributed by atoms with Gasteiger partial charge in [0.05, 0.1) is 12.3 Å². The smallest absolute Gasteiger partial charge is 0.234 e. The fourth-order valence-corrected chi connectivity index (χ4v) is 4.18. The molecule has 0 fully saturated rings.